The molecule has 0 aromatic heterocycles. The largest absolute Gasteiger partial charge is 0.493 e. The average Bonchev–Trinajstić information content (AvgIpc) is 3.18. The van der Waals surface area contributed by atoms with Crippen LogP contribution in [0.1, 0.15) is 35.1 Å². The van der Waals surface area contributed by atoms with Gasteiger partial charge in [0.05, 0.1) is 26.4 Å². The number of hydrogen-bond acceptors (Lipinski definition) is 5. The van der Waals surface area contributed by atoms with Gasteiger partial charge in [-0.25, -0.2) is 0 Å². The summed E-state index contributed by atoms with van der Waals surface area (Å²) in [4.78, 5) is 0. The predicted octanol–water partition coefficient (Wildman–Crippen LogP) is 8.11. The van der Waals surface area contributed by atoms with Crippen LogP contribution in [0.25, 0.3) is 17.4 Å². The molecule has 0 aliphatic heterocycles. The molecule has 0 spiro atoms. The zero-order valence-electron chi connectivity index (χ0n) is 22.1. The standard InChI is InChI=1S/C33H38O3S2/c1-27(28-10-3-2-4-11-28)35-20-24-37-22-18-34-19-23-38-25-21-36-33-17-8-7-16-32(33)31-15-9-14-29-12-5-6-13-30(29)26-31/h2-8,10-13,16-17,26H,1,9,14-15,18-25H2. The van der Waals surface area contributed by atoms with Crippen molar-refractivity contribution in [3.63, 3.8) is 0 Å². The monoisotopic (exact) mass is 546 g/mol. The van der Waals surface area contributed by atoms with E-state index in [9.17, 15) is 0 Å². The summed E-state index contributed by atoms with van der Waals surface area (Å²) in [5, 5.41) is 0. The normalized spacial score (nSPS) is 12.8. The quantitative estimate of drug-likeness (QED) is 0.134. The molecule has 0 bridgehead atoms. The van der Waals surface area contributed by atoms with E-state index in [0.717, 1.165) is 66.1 Å². The number of ether oxygens (including phenoxy) is 3. The minimum absolute atomic E-state index is 0.669. The number of benzene rings is 3. The maximum absolute atomic E-state index is 6.22. The summed E-state index contributed by atoms with van der Waals surface area (Å²) in [6.45, 7) is 6.91. The van der Waals surface area contributed by atoms with Gasteiger partial charge < -0.3 is 14.2 Å². The zero-order valence-corrected chi connectivity index (χ0v) is 23.7. The van der Waals surface area contributed by atoms with Crippen LogP contribution in [0.2, 0.25) is 0 Å². The van der Waals surface area contributed by atoms with Crippen LogP contribution >= 0.6 is 23.5 Å². The van der Waals surface area contributed by atoms with Gasteiger partial charge in [-0.2, -0.15) is 23.5 Å². The molecule has 0 radical (unpaired) electrons. The second-order valence-electron chi connectivity index (χ2n) is 9.04. The number of rotatable bonds is 16. The minimum Gasteiger partial charge on any atom is -0.493 e. The molecule has 3 aromatic carbocycles. The Hall–Kier alpha value is -2.60. The molecule has 3 aromatic rings. The van der Waals surface area contributed by atoms with Crippen LogP contribution in [0.5, 0.6) is 5.75 Å². The third-order valence-corrected chi connectivity index (χ3v) is 8.16. The van der Waals surface area contributed by atoms with Crippen LogP contribution in [-0.2, 0) is 15.9 Å². The number of fused-ring (bicyclic) bond motifs is 1. The highest BCUT2D eigenvalue weighted by atomic mass is 32.2. The maximum atomic E-state index is 6.22. The Balaban J connectivity index is 1.05. The number of aryl methyl sites for hydroxylation is 1. The van der Waals surface area contributed by atoms with E-state index in [-0.39, 0.29) is 0 Å². The van der Waals surface area contributed by atoms with Gasteiger partial charge in [-0.1, -0.05) is 85.5 Å². The molecular weight excluding hydrogens is 508 g/mol. The molecule has 0 saturated heterocycles. The molecule has 5 heteroatoms. The van der Waals surface area contributed by atoms with E-state index in [1.165, 1.54) is 28.7 Å². The Morgan fingerprint density at radius 2 is 1.39 bits per heavy atom. The van der Waals surface area contributed by atoms with Crippen LogP contribution in [0.4, 0.5) is 0 Å². The van der Waals surface area contributed by atoms with Gasteiger partial charge >= 0.3 is 0 Å². The lowest BCUT2D eigenvalue weighted by Gasteiger charge is -2.14. The van der Waals surface area contributed by atoms with Crippen molar-refractivity contribution in [3.8, 4) is 5.75 Å². The molecule has 1 aliphatic carbocycles. The Kier molecular flexibility index (Phi) is 12.2. The number of para-hydroxylation sites is 1. The van der Waals surface area contributed by atoms with Gasteiger partial charge in [0, 0.05) is 34.1 Å². The summed E-state index contributed by atoms with van der Waals surface area (Å²) in [6, 6.07) is 27.2. The van der Waals surface area contributed by atoms with Crippen molar-refractivity contribution in [2.24, 2.45) is 0 Å². The van der Waals surface area contributed by atoms with Crippen LogP contribution < -0.4 is 4.74 Å². The number of hydrogen-bond donors (Lipinski definition) is 0. The zero-order chi connectivity index (χ0) is 26.3. The summed E-state index contributed by atoms with van der Waals surface area (Å²) in [5.41, 5.74) is 6.42. The van der Waals surface area contributed by atoms with E-state index in [4.69, 9.17) is 14.2 Å². The van der Waals surface area contributed by atoms with Crippen molar-refractivity contribution in [1.29, 1.82) is 0 Å². The van der Waals surface area contributed by atoms with E-state index < -0.39 is 0 Å². The highest BCUT2D eigenvalue weighted by Crippen LogP contribution is 2.34. The summed E-state index contributed by atoms with van der Waals surface area (Å²) in [6.07, 6.45) is 5.73. The molecule has 0 atom stereocenters. The smallest absolute Gasteiger partial charge is 0.126 e. The van der Waals surface area contributed by atoms with Gasteiger partial charge in [-0.3, -0.25) is 0 Å². The van der Waals surface area contributed by atoms with Crippen molar-refractivity contribution in [2.75, 3.05) is 49.4 Å². The van der Waals surface area contributed by atoms with Gasteiger partial charge in [0.1, 0.15) is 11.5 Å². The van der Waals surface area contributed by atoms with Gasteiger partial charge in [0.2, 0.25) is 0 Å². The van der Waals surface area contributed by atoms with E-state index >= 15 is 0 Å². The first-order chi connectivity index (χ1) is 18.8. The highest BCUT2D eigenvalue weighted by Gasteiger charge is 2.13. The van der Waals surface area contributed by atoms with Crippen LogP contribution in [0, 0.1) is 0 Å². The molecule has 1 aliphatic rings. The number of thioether (sulfide) groups is 2. The van der Waals surface area contributed by atoms with Crippen molar-refractivity contribution in [1.82, 2.24) is 0 Å². The fourth-order valence-corrected chi connectivity index (χ4v) is 5.67. The van der Waals surface area contributed by atoms with Crippen LogP contribution in [-0.4, -0.2) is 49.4 Å². The molecule has 200 valence electrons. The molecule has 0 heterocycles. The van der Waals surface area contributed by atoms with Gasteiger partial charge in [-0.15, -0.1) is 0 Å². The summed E-state index contributed by atoms with van der Waals surface area (Å²) >= 11 is 3.73. The van der Waals surface area contributed by atoms with Crippen LogP contribution in [0.15, 0.2) is 85.4 Å². The molecule has 0 N–H and O–H groups in total. The average molecular weight is 547 g/mol. The van der Waals surface area contributed by atoms with Crippen molar-refractivity contribution < 1.29 is 14.2 Å². The Labute approximate surface area is 236 Å². The van der Waals surface area contributed by atoms with E-state index in [1.54, 1.807) is 0 Å². The second-order valence-corrected chi connectivity index (χ2v) is 11.5. The van der Waals surface area contributed by atoms with E-state index in [1.807, 2.05) is 53.9 Å². The molecular formula is C33H38O3S2. The van der Waals surface area contributed by atoms with Crippen molar-refractivity contribution in [2.45, 2.75) is 19.3 Å². The summed E-state index contributed by atoms with van der Waals surface area (Å²) < 4.78 is 17.7. The van der Waals surface area contributed by atoms with Crippen LogP contribution in [0.3, 0.4) is 0 Å². The lowest BCUT2D eigenvalue weighted by molar-refractivity contribution is 0.167. The summed E-state index contributed by atoms with van der Waals surface area (Å²) in [5.74, 6) is 5.58. The third-order valence-electron chi connectivity index (χ3n) is 6.34. The van der Waals surface area contributed by atoms with Gasteiger partial charge in [0.15, 0.2) is 0 Å². The fraction of sp³-hybridized carbons (Fsp3) is 0.333. The second kappa shape index (κ2) is 16.4. The first-order valence-corrected chi connectivity index (χ1v) is 15.7. The molecule has 38 heavy (non-hydrogen) atoms. The van der Waals surface area contributed by atoms with E-state index in [2.05, 4.69) is 61.2 Å². The number of allylic oxidation sites excluding steroid dienone is 1. The predicted molar refractivity (Wildman–Crippen MR) is 166 cm³/mol. The summed E-state index contributed by atoms with van der Waals surface area (Å²) in [7, 11) is 0. The first-order valence-electron chi connectivity index (χ1n) is 13.4. The van der Waals surface area contributed by atoms with Crippen molar-refractivity contribution >= 4 is 40.9 Å². The lowest BCUT2D eigenvalue weighted by atomic mass is 9.99. The molecule has 0 fully saturated rings. The molecule has 3 nitrogen and oxygen atoms in total. The Morgan fingerprint density at radius 1 is 0.711 bits per heavy atom. The van der Waals surface area contributed by atoms with Gasteiger partial charge in [-0.05, 0) is 42.0 Å². The SMILES string of the molecule is C=C(OCCSCCOCCSCCOc1ccccc1C1=Cc2ccccc2CCC1)c1ccccc1. The topological polar surface area (TPSA) is 27.7 Å². The highest BCUT2D eigenvalue weighted by molar-refractivity contribution is 7.99. The van der Waals surface area contributed by atoms with Crippen molar-refractivity contribution in [3.05, 3.63) is 108 Å². The maximum Gasteiger partial charge on any atom is 0.126 e. The molecule has 0 saturated carbocycles. The van der Waals surface area contributed by atoms with E-state index in [0.29, 0.717) is 13.2 Å². The minimum atomic E-state index is 0.669. The Morgan fingerprint density at radius 3 is 2.24 bits per heavy atom. The Bertz CT molecular complexity index is 1160. The third kappa shape index (κ3) is 9.30. The molecule has 0 amide bonds. The molecule has 4 rings (SSSR count). The molecule has 0 unspecified atom stereocenters. The lowest BCUT2D eigenvalue weighted by Crippen LogP contribution is -2.06. The fourth-order valence-electron chi connectivity index (χ4n) is 4.39. The van der Waals surface area contributed by atoms with Gasteiger partial charge in [0.25, 0.3) is 0 Å². The first kappa shape index (κ1) is 28.4.